The van der Waals surface area contributed by atoms with Crippen LogP contribution in [0.2, 0.25) is 0 Å². The number of nitrogens with zero attached hydrogens (tertiary/aromatic N) is 1. The van der Waals surface area contributed by atoms with Crippen molar-refractivity contribution in [1.29, 1.82) is 0 Å². The van der Waals surface area contributed by atoms with Gasteiger partial charge in [0.25, 0.3) is 5.91 Å². The molecule has 2 aromatic rings. The summed E-state index contributed by atoms with van der Waals surface area (Å²) in [4.78, 5) is 27.0. The maximum Gasteiger partial charge on any atom is 0.411 e. The molecule has 0 saturated heterocycles. The van der Waals surface area contributed by atoms with Gasteiger partial charge in [0.1, 0.15) is 4.60 Å². The highest BCUT2D eigenvalue weighted by molar-refractivity contribution is 9.10. The number of methoxy groups -OCH3 is 1. The van der Waals surface area contributed by atoms with Gasteiger partial charge in [-0.15, -0.1) is 0 Å². The smallest absolute Gasteiger partial charge is 0.411 e. The molecule has 0 saturated carbocycles. The van der Waals surface area contributed by atoms with Crippen LogP contribution in [0.4, 0.5) is 16.2 Å². The summed E-state index contributed by atoms with van der Waals surface area (Å²) in [5, 5.41) is 5.27. The molecule has 0 atom stereocenters. The number of benzene rings is 1. The van der Waals surface area contributed by atoms with Gasteiger partial charge in [-0.25, -0.2) is 9.78 Å². The van der Waals surface area contributed by atoms with Crippen LogP contribution in [0.15, 0.2) is 47.2 Å². The molecular formula is C14H12BrN3O3. The Bertz CT molecular complexity index is 659. The zero-order chi connectivity index (χ0) is 15.2. The zero-order valence-corrected chi connectivity index (χ0v) is 12.7. The number of amides is 2. The first-order chi connectivity index (χ1) is 10.1. The molecule has 21 heavy (non-hydrogen) atoms. The first-order valence-electron chi connectivity index (χ1n) is 5.96. The first-order valence-corrected chi connectivity index (χ1v) is 6.76. The molecule has 7 heteroatoms. The fraction of sp³-hybridized carbons (Fsp3) is 0.0714. The third kappa shape index (κ3) is 4.28. The lowest BCUT2D eigenvalue weighted by Crippen LogP contribution is -2.13. The molecule has 2 rings (SSSR count). The minimum atomic E-state index is -0.548. The van der Waals surface area contributed by atoms with Gasteiger partial charge in [0.15, 0.2) is 0 Å². The summed E-state index contributed by atoms with van der Waals surface area (Å²) in [5.41, 5.74) is 1.68. The van der Waals surface area contributed by atoms with Crippen molar-refractivity contribution >= 4 is 39.3 Å². The summed E-state index contributed by atoms with van der Waals surface area (Å²) >= 11 is 3.21. The van der Waals surface area contributed by atoms with Crippen LogP contribution in [-0.2, 0) is 4.74 Å². The summed E-state index contributed by atoms with van der Waals surface area (Å²) in [6.45, 7) is 0. The minimum absolute atomic E-state index is 0.244. The van der Waals surface area contributed by atoms with Crippen molar-refractivity contribution in [2.24, 2.45) is 0 Å². The number of hydrogen-bond acceptors (Lipinski definition) is 4. The normalized spacial score (nSPS) is 9.81. The van der Waals surface area contributed by atoms with Crippen LogP contribution in [0.3, 0.4) is 0 Å². The summed E-state index contributed by atoms with van der Waals surface area (Å²) in [6.07, 6.45) is 0.996. The number of halogens is 1. The van der Waals surface area contributed by atoms with Crippen molar-refractivity contribution in [3.05, 3.63) is 52.8 Å². The van der Waals surface area contributed by atoms with Crippen LogP contribution in [0.25, 0.3) is 0 Å². The van der Waals surface area contributed by atoms with Crippen molar-refractivity contribution in [3.63, 3.8) is 0 Å². The Kier molecular flexibility index (Phi) is 4.89. The molecule has 0 bridgehead atoms. The maximum absolute atomic E-state index is 12.0. The number of nitrogens with one attached hydrogen (secondary N) is 2. The molecule has 1 aromatic heterocycles. The molecule has 1 heterocycles. The van der Waals surface area contributed by atoms with E-state index in [4.69, 9.17) is 0 Å². The molecule has 2 N–H and O–H groups in total. The van der Waals surface area contributed by atoms with Crippen LogP contribution >= 0.6 is 15.9 Å². The Balaban J connectivity index is 2.03. The Hall–Kier alpha value is -2.41. The molecule has 0 unspecified atom stereocenters. The van der Waals surface area contributed by atoms with E-state index >= 15 is 0 Å². The number of hydrogen-bond donors (Lipinski definition) is 2. The van der Waals surface area contributed by atoms with E-state index in [2.05, 4.69) is 36.3 Å². The molecule has 108 valence electrons. The van der Waals surface area contributed by atoms with Crippen LogP contribution in [0.1, 0.15) is 10.4 Å². The number of aromatic nitrogens is 1. The first kappa shape index (κ1) is 15.0. The average molecular weight is 350 g/mol. The zero-order valence-electron chi connectivity index (χ0n) is 11.1. The number of rotatable bonds is 3. The van der Waals surface area contributed by atoms with Crippen molar-refractivity contribution in [1.82, 2.24) is 4.98 Å². The Morgan fingerprint density at radius 3 is 2.29 bits per heavy atom. The van der Waals surface area contributed by atoms with Gasteiger partial charge in [-0.1, -0.05) is 0 Å². The van der Waals surface area contributed by atoms with Gasteiger partial charge in [0, 0.05) is 23.1 Å². The molecule has 0 aliphatic carbocycles. The van der Waals surface area contributed by atoms with Gasteiger partial charge >= 0.3 is 6.09 Å². The van der Waals surface area contributed by atoms with E-state index in [1.54, 1.807) is 42.6 Å². The molecule has 0 fully saturated rings. The van der Waals surface area contributed by atoms with Crippen molar-refractivity contribution in [3.8, 4) is 0 Å². The van der Waals surface area contributed by atoms with Crippen LogP contribution < -0.4 is 10.6 Å². The molecule has 0 radical (unpaired) electrons. The Labute approximate surface area is 129 Å². The minimum Gasteiger partial charge on any atom is -0.453 e. The highest BCUT2D eigenvalue weighted by atomic mass is 79.9. The number of carbonyl (C=O) groups is 2. The van der Waals surface area contributed by atoms with Crippen molar-refractivity contribution < 1.29 is 14.3 Å². The second-order valence-corrected chi connectivity index (χ2v) is 4.83. The molecule has 1 aromatic carbocycles. The second-order valence-electron chi connectivity index (χ2n) is 4.02. The van der Waals surface area contributed by atoms with Gasteiger partial charge in [-0.2, -0.15) is 0 Å². The predicted octanol–water partition coefficient (Wildman–Crippen LogP) is 3.27. The topological polar surface area (TPSA) is 80.3 Å². The number of carbonyl (C=O) groups excluding carboxylic acids is 2. The molecule has 2 amide bonds. The number of anilines is 2. The Morgan fingerprint density at radius 1 is 1.10 bits per heavy atom. The molecule has 0 aliphatic heterocycles. The second kappa shape index (κ2) is 6.85. The van der Waals surface area contributed by atoms with E-state index in [9.17, 15) is 9.59 Å². The maximum atomic E-state index is 12.0. The van der Waals surface area contributed by atoms with Crippen LogP contribution in [0.5, 0.6) is 0 Å². The molecule has 0 spiro atoms. The summed E-state index contributed by atoms with van der Waals surface area (Å²) in [5.74, 6) is -0.244. The summed E-state index contributed by atoms with van der Waals surface area (Å²) in [6, 6.07) is 9.93. The summed E-state index contributed by atoms with van der Waals surface area (Å²) < 4.78 is 5.08. The monoisotopic (exact) mass is 349 g/mol. The third-order valence-corrected chi connectivity index (χ3v) is 3.00. The summed E-state index contributed by atoms with van der Waals surface area (Å²) in [7, 11) is 1.29. The fourth-order valence-corrected chi connectivity index (χ4v) is 1.92. The van der Waals surface area contributed by atoms with Crippen LogP contribution in [0, 0.1) is 0 Å². The van der Waals surface area contributed by atoms with Gasteiger partial charge in [-0.05, 0) is 52.3 Å². The molecule has 6 nitrogen and oxygen atoms in total. The number of ether oxygens (including phenoxy) is 1. The van der Waals surface area contributed by atoms with Crippen LogP contribution in [-0.4, -0.2) is 24.1 Å². The standard InChI is InChI=1S/C14H12BrN3O3/c1-21-14(20)18-11-4-2-10(3-5-11)17-13(19)9-6-7-16-12(15)8-9/h2-8H,1H3,(H,17,19)(H,18,20). The third-order valence-electron chi connectivity index (χ3n) is 2.56. The van der Waals surface area contributed by atoms with Gasteiger partial charge in [0.05, 0.1) is 7.11 Å². The van der Waals surface area contributed by atoms with E-state index in [-0.39, 0.29) is 5.91 Å². The van der Waals surface area contributed by atoms with E-state index in [1.165, 1.54) is 7.11 Å². The fourth-order valence-electron chi connectivity index (χ4n) is 1.55. The lowest BCUT2D eigenvalue weighted by Gasteiger charge is -2.07. The Morgan fingerprint density at radius 2 is 1.71 bits per heavy atom. The average Bonchev–Trinajstić information content (AvgIpc) is 2.49. The van der Waals surface area contributed by atoms with E-state index in [0.29, 0.717) is 21.5 Å². The van der Waals surface area contributed by atoms with Gasteiger partial charge in [0.2, 0.25) is 0 Å². The van der Waals surface area contributed by atoms with Crippen molar-refractivity contribution in [2.75, 3.05) is 17.7 Å². The highest BCUT2D eigenvalue weighted by Gasteiger charge is 2.07. The van der Waals surface area contributed by atoms with E-state index < -0.39 is 6.09 Å². The lowest BCUT2D eigenvalue weighted by atomic mass is 10.2. The highest BCUT2D eigenvalue weighted by Crippen LogP contribution is 2.15. The van der Waals surface area contributed by atoms with Gasteiger partial charge < -0.3 is 10.1 Å². The molecule has 0 aliphatic rings. The largest absolute Gasteiger partial charge is 0.453 e. The van der Waals surface area contributed by atoms with E-state index in [0.717, 1.165) is 0 Å². The predicted molar refractivity (Wildman–Crippen MR) is 82.4 cm³/mol. The quantitative estimate of drug-likeness (QED) is 0.833. The SMILES string of the molecule is COC(=O)Nc1ccc(NC(=O)c2ccnc(Br)c2)cc1. The van der Waals surface area contributed by atoms with Gasteiger partial charge in [-0.3, -0.25) is 10.1 Å². The number of pyridine rings is 1. The van der Waals surface area contributed by atoms with E-state index in [1.807, 2.05) is 0 Å². The van der Waals surface area contributed by atoms with Crippen molar-refractivity contribution in [2.45, 2.75) is 0 Å². The molecular weight excluding hydrogens is 338 g/mol. The lowest BCUT2D eigenvalue weighted by molar-refractivity contribution is 0.102.